The number of benzene rings is 2. The summed E-state index contributed by atoms with van der Waals surface area (Å²) in [6, 6.07) is 12.4. The van der Waals surface area contributed by atoms with Gasteiger partial charge in [0, 0.05) is 24.4 Å². The Labute approximate surface area is 189 Å². The molecule has 0 saturated heterocycles. The van der Waals surface area contributed by atoms with Gasteiger partial charge < -0.3 is 9.73 Å². The molecule has 0 radical (unpaired) electrons. The topological polar surface area (TPSA) is 85.8 Å². The van der Waals surface area contributed by atoms with Gasteiger partial charge in [-0.2, -0.15) is 5.10 Å². The third-order valence-corrected chi connectivity index (χ3v) is 5.01. The average molecular weight is 451 g/mol. The number of aromatic nitrogens is 4. The number of hydrogen-bond donors (Lipinski definition) is 1. The summed E-state index contributed by atoms with van der Waals surface area (Å²) in [6.45, 7) is 7.95. The standard InChI is InChI=1S/C24H23F2N5O2/c1-14-28-29-23(33-14)20-12-21(24(2,3)4)31(30-20)17-7-5-6-16(11-17)22(32)27-13-15-8-9-18(25)19(26)10-15/h5-12H,13H2,1-4H3,(H,27,32). The molecule has 1 amide bonds. The van der Waals surface area contributed by atoms with Crippen molar-refractivity contribution in [2.24, 2.45) is 0 Å². The van der Waals surface area contributed by atoms with Gasteiger partial charge in [0.1, 0.15) is 5.69 Å². The monoisotopic (exact) mass is 451 g/mol. The molecule has 1 N–H and O–H groups in total. The zero-order valence-electron chi connectivity index (χ0n) is 18.7. The maximum absolute atomic E-state index is 13.4. The first-order valence-electron chi connectivity index (χ1n) is 10.4. The second-order valence-corrected chi connectivity index (χ2v) is 8.68. The van der Waals surface area contributed by atoms with Gasteiger partial charge in [0.05, 0.1) is 11.4 Å². The second kappa shape index (κ2) is 8.57. The van der Waals surface area contributed by atoms with E-state index in [1.54, 1.807) is 29.8 Å². The maximum Gasteiger partial charge on any atom is 0.268 e. The van der Waals surface area contributed by atoms with E-state index in [4.69, 9.17) is 4.42 Å². The first-order chi connectivity index (χ1) is 15.6. The summed E-state index contributed by atoms with van der Waals surface area (Å²) in [5, 5.41) is 15.3. The summed E-state index contributed by atoms with van der Waals surface area (Å²) in [5.41, 5.74) is 2.72. The summed E-state index contributed by atoms with van der Waals surface area (Å²) in [4.78, 5) is 12.7. The molecular weight excluding hydrogens is 428 g/mol. The largest absolute Gasteiger partial charge is 0.420 e. The van der Waals surface area contributed by atoms with Crippen molar-refractivity contribution in [2.45, 2.75) is 39.7 Å². The molecule has 9 heteroatoms. The minimum absolute atomic E-state index is 0.0654. The van der Waals surface area contributed by atoms with Crippen molar-refractivity contribution in [1.29, 1.82) is 0 Å². The van der Waals surface area contributed by atoms with Gasteiger partial charge in [-0.05, 0) is 42.0 Å². The van der Waals surface area contributed by atoms with E-state index in [1.807, 2.05) is 12.1 Å². The van der Waals surface area contributed by atoms with Crippen LogP contribution in [-0.2, 0) is 12.0 Å². The Hall–Kier alpha value is -3.88. The number of amides is 1. The summed E-state index contributed by atoms with van der Waals surface area (Å²) >= 11 is 0. The minimum atomic E-state index is -0.954. The van der Waals surface area contributed by atoms with Crippen molar-refractivity contribution in [2.75, 3.05) is 0 Å². The Bertz CT molecular complexity index is 1320. The van der Waals surface area contributed by atoms with Crippen LogP contribution in [0.15, 0.2) is 52.9 Å². The number of nitrogens with one attached hydrogen (secondary N) is 1. The van der Waals surface area contributed by atoms with Gasteiger partial charge >= 0.3 is 0 Å². The Kier molecular flexibility index (Phi) is 5.80. The molecule has 0 atom stereocenters. The number of hydrogen-bond acceptors (Lipinski definition) is 5. The highest BCUT2D eigenvalue weighted by Gasteiger charge is 2.24. The second-order valence-electron chi connectivity index (χ2n) is 8.68. The third-order valence-electron chi connectivity index (χ3n) is 5.01. The highest BCUT2D eigenvalue weighted by Crippen LogP contribution is 2.29. The Morgan fingerprint density at radius 2 is 1.85 bits per heavy atom. The van der Waals surface area contributed by atoms with Gasteiger partial charge in [0.25, 0.3) is 11.8 Å². The lowest BCUT2D eigenvalue weighted by Crippen LogP contribution is -2.23. The van der Waals surface area contributed by atoms with Crippen molar-refractivity contribution in [1.82, 2.24) is 25.3 Å². The zero-order valence-corrected chi connectivity index (χ0v) is 18.7. The van der Waals surface area contributed by atoms with Gasteiger partial charge in [0.15, 0.2) is 11.6 Å². The molecule has 0 unspecified atom stereocenters. The lowest BCUT2D eigenvalue weighted by Gasteiger charge is -2.20. The first kappa shape index (κ1) is 22.3. The van der Waals surface area contributed by atoms with E-state index in [2.05, 4.69) is 41.4 Å². The van der Waals surface area contributed by atoms with Crippen molar-refractivity contribution in [3.63, 3.8) is 0 Å². The third kappa shape index (κ3) is 4.82. The number of carbonyl (C=O) groups excluding carboxylic acids is 1. The van der Waals surface area contributed by atoms with Crippen LogP contribution < -0.4 is 5.32 Å². The molecule has 0 bridgehead atoms. The Morgan fingerprint density at radius 3 is 2.52 bits per heavy atom. The number of carbonyl (C=O) groups is 1. The van der Waals surface area contributed by atoms with Crippen molar-refractivity contribution >= 4 is 5.91 Å². The lowest BCUT2D eigenvalue weighted by atomic mass is 9.91. The van der Waals surface area contributed by atoms with Crippen LogP contribution in [0.2, 0.25) is 0 Å². The molecule has 4 aromatic rings. The van der Waals surface area contributed by atoms with E-state index >= 15 is 0 Å². The van der Waals surface area contributed by atoms with E-state index in [1.165, 1.54) is 6.07 Å². The summed E-state index contributed by atoms with van der Waals surface area (Å²) in [6.07, 6.45) is 0. The molecule has 0 fully saturated rings. The molecule has 7 nitrogen and oxygen atoms in total. The predicted octanol–water partition coefficient (Wildman–Crippen LogP) is 4.74. The fraction of sp³-hybridized carbons (Fsp3) is 0.250. The van der Waals surface area contributed by atoms with Gasteiger partial charge in [-0.3, -0.25) is 4.79 Å². The molecular formula is C24H23F2N5O2. The van der Waals surface area contributed by atoms with Crippen molar-refractivity contribution < 1.29 is 18.0 Å². The van der Waals surface area contributed by atoms with Crippen LogP contribution in [-0.4, -0.2) is 25.9 Å². The summed E-state index contributed by atoms with van der Waals surface area (Å²) < 4.78 is 33.8. The highest BCUT2D eigenvalue weighted by atomic mass is 19.2. The molecule has 0 aliphatic heterocycles. The quantitative estimate of drug-likeness (QED) is 0.474. The van der Waals surface area contributed by atoms with Crippen LogP contribution >= 0.6 is 0 Å². The maximum atomic E-state index is 13.4. The van der Waals surface area contributed by atoms with E-state index in [0.29, 0.717) is 34.3 Å². The summed E-state index contributed by atoms with van der Waals surface area (Å²) in [7, 11) is 0. The van der Waals surface area contributed by atoms with Crippen LogP contribution in [0, 0.1) is 18.6 Å². The Morgan fingerprint density at radius 1 is 1.06 bits per heavy atom. The lowest BCUT2D eigenvalue weighted by molar-refractivity contribution is 0.0951. The van der Waals surface area contributed by atoms with Gasteiger partial charge in [-0.25, -0.2) is 13.5 Å². The number of rotatable bonds is 5. The highest BCUT2D eigenvalue weighted by molar-refractivity contribution is 5.94. The molecule has 0 saturated carbocycles. The van der Waals surface area contributed by atoms with Crippen LogP contribution in [0.3, 0.4) is 0 Å². The smallest absolute Gasteiger partial charge is 0.268 e. The molecule has 33 heavy (non-hydrogen) atoms. The van der Waals surface area contributed by atoms with E-state index in [-0.39, 0.29) is 17.9 Å². The number of nitrogens with zero attached hydrogens (tertiary/aromatic N) is 4. The van der Waals surface area contributed by atoms with Crippen LogP contribution in [0.4, 0.5) is 8.78 Å². The van der Waals surface area contributed by atoms with Crippen LogP contribution in [0.25, 0.3) is 17.3 Å². The fourth-order valence-corrected chi connectivity index (χ4v) is 3.33. The van der Waals surface area contributed by atoms with Crippen LogP contribution in [0.5, 0.6) is 0 Å². The van der Waals surface area contributed by atoms with E-state index in [9.17, 15) is 13.6 Å². The van der Waals surface area contributed by atoms with Crippen LogP contribution in [0.1, 0.15) is 48.3 Å². The molecule has 0 spiro atoms. The normalized spacial score (nSPS) is 11.6. The molecule has 170 valence electrons. The van der Waals surface area contributed by atoms with E-state index < -0.39 is 11.6 Å². The fourth-order valence-electron chi connectivity index (χ4n) is 3.33. The van der Waals surface area contributed by atoms with E-state index in [0.717, 1.165) is 17.8 Å². The van der Waals surface area contributed by atoms with Crippen molar-refractivity contribution in [3.8, 4) is 17.3 Å². The first-order valence-corrected chi connectivity index (χ1v) is 10.4. The van der Waals surface area contributed by atoms with Gasteiger partial charge in [0.2, 0.25) is 5.89 Å². The molecule has 0 aliphatic carbocycles. The molecule has 4 rings (SSSR count). The Balaban J connectivity index is 1.62. The number of halogens is 2. The zero-order chi connectivity index (χ0) is 23.8. The predicted molar refractivity (Wildman–Crippen MR) is 118 cm³/mol. The SMILES string of the molecule is Cc1nnc(-c2cc(C(C)(C)C)n(-c3cccc(C(=O)NCc4ccc(F)c(F)c4)c3)n2)o1. The minimum Gasteiger partial charge on any atom is -0.420 e. The van der Waals surface area contributed by atoms with Gasteiger partial charge in [-0.15, -0.1) is 10.2 Å². The molecule has 2 heterocycles. The molecule has 0 aliphatic rings. The summed E-state index contributed by atoms with van der Waals surface area (Å²) in [5.74, 6) is -1.47. The number of aryl methyl sites for hydroxylation is 1. The molecule has 2 aromatic carbocycles. The van der Waals surface area contributed by atoms with Gasteiger partial charge in [-0.1, -0.05) is 32.9 Å². The molecule has 2 aromatic heterocycles. The average Bonchev–Trinajstić information content (AvgIpc) is 3.41. The van der Waals surface area contributed by atoms with Crippen molar-refractivity contribution in [3.05, 3.63) is 82.9 Å².